The number of rotatable bonds is 5. The van der Waals surface area contributed by atoms with Gasteiger partial charge in [-0.3, -0.25) is 14.5 Å². The van der Waals surface area contributed by atoms with Crippen molar-refractivity contribution in [1.29, 1.82) is 0 Å². The summed E-state index contributed by atoms with van der Waals surface area (Å²) in [6.07, 6.45) is 3.96. The molecule has 2 fully saturated rings. The molecule has 0 saturated carbocycles. The van der Waals surface area contributed by atoms with E-state index in [2.05, 4.69) is 4.90 Å². The molecule has 6 heteroatoms. The lowest BCUT2D eigenvalue weighted by Crippen LogP contribution is -2.50. The van der Waals surface area contributed by atoms with E-state index in [0.29, 0.717) is 17.9 Å². The predicted octanol–water partition coefficient (Wildman–Crippen LogP) is 1.56. The Balaban J connectivity index is 1.82. The number of imide groups is 1. The summed E-state index contributed by atoms with van der Waals surface area (Å²) in [6.45, 7) is 0.913. The molecule has 0 aromatic heterocycles. The van der Waals surface area contributed by atoms with Crippen LogP contribution in [0.25, 0.3) is 0 Å². The van der Waals surface area contributed by atoms with Crippen molar-refractivity contribution < 1.29 is 19.4 Å². The maximum atomic E-state index is 12.9. The van der Waals surface area contributed by atoms with Gasteiger partial charge in [0.05, 0.1) is 25.3 Å². The summed E-state index contributed by atoms with van der Waals surface area (Å²) in [5.41, 5.74) is 0.558. The number of amides is 2. The predicted molar refractivity (Wildman–Crippen MR) is 89.9 cm³/mol. The summed E-state index contributed by atoms with van der Waals surface area (Å²) in [5, 5.41) is 9.28. The molecular formula is C18H24N2O4. The molecule has 2 unspecified atom stereocenters. The Hall–Kier alpha value is -1.92. The van der Waals surface area contributed by atoms with Crippen LogP contribution in [-0.4, -0.2) is 54.2 Å². The fraction of sp³-hybridized carbons (Fsp3) is 0.556. The van der Waals surface area contributed by atoms with E-state index in [-0.39, 0.29) is 30.9 Å². The van der Waals surface area contributed by atoms with Crippen molar-refractivity contribution in [1.82, 2.24) is 4.90 Å². The summed E-state index contributed by atoms with van der Waals surface area (Å²) in [7, 11) is 1.56. The molecule has 3 rings (SSSR count). The number of anilines is 1. The number of ether oxygens (including phenoxy) is 1. The van der Waals surface area contributed by atoms with E-state index in [1.54, 1.807) is 31.4 Å². The minimum Gasteiger partial charge on any atom is -0.497 e. The molecule has 2 atom stereocenters. The largest absolute Gasteiger partial charge is 0.497 e. The zero-order valence-electron chi connectivity index (χ0n) is 14.0. The van der Waals surface area contributed by atoms with Gasteiger partial charge in [-0.05, 0) is 37.9 Å². The van der Waals surface area contributed by atoms with Crippen molar-refractivity contribution in [2.75, 3.05) is 25.2 Å². The van der Waals surface area contributed by atoms with Gasteiger partial charge in [0.1, 0.15) is 5.75 Å². The van der Waals surface area contributed by atoms with E-state index in [1.807, 2.05) is 0 Å². The topological polar surface area (TPSA) is 70.1 Å². The van der Waals surface area contributed by atoms with E-state index >= 15 is 0 Å². The Morgan fingerprint density at radius 3 is 2.88 bits per heavy atom. The first-order chi connectivity index (χ1) is 11.7. The maximum Gasteiger partial charge on any atom is 0.251 e. The second kappa shape index (κ2) is 7.32. The monoisotopic (exact) mass is 332 g/mol. The lowest BCUT2D eigenvalue weighted by molar-refractivity contribution is -0.123. The number of carbonyl (C=O) groups is 2. The van der Waals surface area contributed by atoms with Crippen LogP contribution >= 0.6 is 0 Å². The molecule has 2 heterocycles. The molecule has 1 N–H and O–H groups in total. The molecular weight excluding hydrogens is 308 g/mol. The summed E-state index contributed by atoms with van der Waals surface area (Å²) in [4.78, 5) is 28.8. The van der Waals surface area contributed by atoms with Crippen LogP contribution in [-0.2, 0) is 9.59 Å². The molecule has 2 saturated heterocycles. The zero-order valence-corrected chi connectivity index (χ0v) is 14.0. The third-order valence-electron chi connectivity index (χ3n) is 4.97. The number of carbonyl (C=O) groups excluding carboxylic acids is 2. The van der Waals surface area contributed by atoms with Crippen LogP contribution in [0.3, 0.4) is 0 Å². The number of nitrogens with zero attached hydrogens (tertiary/aromatic N) is 2. The van der Waals surface area contributed by atoms with E-state index in [1.165, 1.54) is 4.90 Å². The van der Waals surface area contributed by atoms with Gasteiger partial charge in [-0.15, -0.1) is 0 Å². The van der Waals surface area contributed by atoms with E-state index in [4.69, 9.17) is 4.74 Å². The molecule has 130 valence electrons. The van der Waals surface area contributed by atoms with Gasteiger partial charge in [-0.2, -0.15) is 0 Å². The van der Waals surface area contributed by atoms with Crippen LogP contribution in [0.5, 0.6) is 5.75 Å². The van der Waals surface area contributed by atoms with Crippen molar-refractivity contribution in [3.8, 4) is 5.75 Å². The quantitative estimate of drug-likeness (QED) is 0.829. The number of benzene rings is 1. The van der Waals surface area contributed by atoms with Gasteiger partial charge < -0.3 is 9.84 Å². The number of hydrogen-bond donors (Lipinski definition) is 1. The summed E-state index contributed by atoms with van der Waals surface area (Å²) >= 11 is 0. The molecule has 0 bridgehead atoms. The first kappa shape index (κ1) is 16.9. The third-order valence-corrected chi connectivity index (χ3v) is 4.97. The Kier molecular flexibility index (Phi) is 5.16. The van der Waals surface area contributed by atoms with Crippen molar-refractivity contribution in [2.45, 2.75) is 44.2 Å². The Labute approximate surface area is 142 Å². The molecule has 1 aromatic carbocycles. The van der Waals surface area contributed by atoms with Crippen LogP contribution in [0.2, 0.25) is 0 Å². The number of aliphatic hydroxyl groups excluding tert-OH is 1. The van der Waals surface area contributed by atoms with Crippen molar-refractivity contribution in [2.24, 2.45) is 0 Å². The third kappa shape index (κ3) is 3.16. The van der Waals surface area contributed by atoms with Crippen molar-refractivity contribution >= 4 is 17.5 Å². The maximum absolute atomic E-state index is 12.9. The number of hydrogen-bond acceptors (Lipinski definition) is 5. The SMILES string of the molecule is COc1cccc(N2C(=O)CC(N3CCCCC3CCO)C2=O)c1. The number of piperidine rings is 1. The molecule has 0 aliphatic carbocycles. The van der Waals surface area contributed by atoms with Crippen LogP contribution < -0.4 is 9.64 Å². The van der Waals surface area contributed by atoms with Crippen LogP contribution in [0.4, 0.5) is 5.69 Å². The van der Waals surface area contributed by atoms with Crippen LogP contribution in [0.15, 0.2) is 24.3 Å². The van der Waals surface area contributed by atoms with E-state index in [9.17, 15) is 14.7 Å². The molecule has 0 radical (unpaired) electrons. The second-order valence-electron chi connectivity index (χ2n) is 6.39. The summed E-state index contributed by atoms with van der Waals surface area (Å²) < 4.78 is 5.19. The molecule has 24 heavy (non-hydrogen) atoms. The first-order valence-corrected chi connectivity index (χ1v) is 8.53. The smallest absolute Gasteiger partial charge is 0.251 e. The minimum atomic E-state index is -0.416. The van der Waals surface area contributed by atoms with Crippen LogP contribution in [0, 0.1) is 0 Å². The summed E-state index contributed by atoms with van der Waals surface area (Å²) in [6, 6.07) is 6.78. The highest BCUT2D eigenvalue weighted by Gasteiger charge is 2.44. The summed E-state index contributed by atoms with van der Waals surface area (Å²) in [5.74, 6) is 0.275. The Morgan fingerprint density at radius 2 is 2.12 bits per heavy atom. The van der Waals surface area contributed by atoms with E-state index < -0.39 is 6.04 Å². The van der Waals surface area contributed by atoms with Crippen LogP contribution in [0.1, 0.15) is 32.1 Å². The zero-order chi connectivity index (χ0) is 17.1. The fourth-order valence-electron chi connectivity index (χ4n) is 3.79. The molecule has 6 nitrogen and oxygen atoms in total. The lowest BCUT2D eigenvalue weighted by Gasteiger charge is -2.38. The highest BCUT2D eigenvalue weighted by molar-refractivity contribution is 6.22. The van der Waals surface area contributed by atoms with Crippen molar-refractivity contribution in [3.63, 3.8) is 0 Å². The first-order valence-electron chi connectivity index (χ1n) is 8.53. The number of likely N-dealkylation sites (tertiary alicyclic amines) is 1. The molecule has 1 aromatic rings. The fourth-order valence-corrected chi connectivity index (χ4v) is 3.79. The molecule has 0 spiro atoms. The average molecular weight is 332 g/mol. The highest BCUT2D eigenvalue weighted by atomic mass is 16.5. The molecule has 2 aliphatic rings. The minimum absolute atomic E-state index is 0.107. The molecule has 2 amide bonds. The number of methoxy groups -OCH3 is 1. The highest BCUT2D eigenvalue weighted by Crippen LogP contribution is 2.31. The van der Waals surface area contributed by atoms with Gasteiger partial charge in [0.25, 0.3) is 5.91 Å². The number of aliphatic hydroxyl groups is 1. The van der Waals surface area contributed by atoms with Gasteiger partial charge in [-0.1, -0.05) is 12.5 Å². The Morgan fingerprint density at radius 1 is 1.29 bits per heavy atom. The normalized spacial score (nSPS) is 25.3. The second-order valence-corrected chi connectivity index (χ2v) is 6.39. The standard InChI is InChI=1S/C18H24N2O4/c1-24-15-7-4-6-14(11-15)20-17(22)12-16(18(20)23)19-9-3-2-5-13(19)8-10-21/h4,6-7,11,13,16,21H,2-3,5,8-10,12H2,1H3. The Bertz CT molecular complexity index is 617. The van der Waals surface area contributed by atoms with Gasteiger partial charge in [0, 0.05) is 18.7 Å². The molecule has 2 aliphatic heterocycles. The van der Waals surface area contributed by atoms with E-state index in [0.717, 1.165) is 25.8 Å². The average Bonchev–Trinajstić information content (AvgIpc) is 2.90. The van der Waals surface area contributed by atoms with Gasteiger partial charge in [-0.25, -0.2) is 4.90 Å². The van der Waals surface area contributed by atoms with Gasteiger partial charge >= 0.3 is 0 Å². The van der Waals surface area contributed by atoms with Gasteiger partial charge in [0.15, 0.2) is 0 Å². The lowest BCUT2D eigenvalue weighted by atomic mass is 9.97. The van der Waals surface area contributed by atoms with Crippen molar-refractivity contribution in [3.05, 3.63) is 24.3 Å². The van der Waals surface area contributed by atoms with Gasteiger partial charge in [0.2, 0.25) is 5.91 Å².